The standard InChI is InChI=1S/C18H25NO2/c1-18-7-6-13-12-5-3-11(20)8-10(12)2-4-14(13)15(18)9-16(19)17(18)21/h3,5,8,13-17,20-21H,2,4,6-7,9,19H2,1H3/t13-,14-,15+,16-,17+,18+/m1/s1. The van der Waals surface area contributed by atoms with Crippen LogP contribution in [0.2, 0.25) is 0 Å². The summed E-state index contributed by atoms with van der Waals surface area (Å²) >= 11 is 0. The molecular weight excluding hydrogens is 262 g/mol. The molecule has 1 aromatic rings. The Kier molecular flexibility index (Phi) is 2.89. The summed E-state index contributed by atoms with van der Waals surface area (Å²) < 4.78 is 0. The molecule has 21 heavy (non-hydrogen) atoms. The third-order valence-electron chi connectivity index (χ3n) is 6.76. The minimum atomic E-state index is -0.343. The first kappa shape index (κ1) is 13.6. The molecule has 0 aliphatic heterocycles. The third-order valence-corrected chi connectivity index (χ3v) is 6.76. The van der Waals surface area contributed by atoms with Crippen LogP contribution in [0, 0.1) is 17.3 Å². The molecule has 0 amide bonds. The molecule has 3 nitrogen and oxygen atoms in total. The van der Waals surface area contributed by atoms with Crippen LogP contribution in [0.3, 0.4) is 0 Å². The van der Waals surface area contributed by atoms with Crippen LogP contribution in [0.1, 0.15) is 49.7 Å². The number of aromatic hydroxyl groups is 1. The highest BCUT2D eigenvalue weighted by Gasteiger charge is 2.57. The summed E-state index contributed by atoms with van der Waals surface area (Å²) in [4.78, 5) is 0. The third kappa shape index (κ3) is 1.80. The zero-order valence-corrected chi connectivity index (χ0v) is 12.6. The molecule has 0 heterocycles. The minimum absolute atomic E-state index is 0.00893. The van der Waals surface area contributed by atoms with Gasteiger partial charge in [-0.2, -0.15) is 0 Å². The van der Waals surface area contributed by atoms with Crippen molar-refractivity contribution < 1.29 is 10.2 Å². The van der Waals surface area contributed by atoms with Gasteiger partial charge in [-0.3, -0.25) is 0 Å². The number of rotatable bonds is 0. The van der Waals surface area contributed by atoms with Crippen molar-refractivity contribution in [1.29, 1.82) is 0 Å². The van der Waals surface area contributed by atoms with Crippen LogP contribution in [0.5, 0.6) is 5.75 Å². The number of hydrogen-bond donors (Lipinski definition) is 3. The van der Waals surface area contributed by atoms with Gasteiger partial charge in [-0.25, -0.2) is 0 Å². The lowest BCUT2D eigenvalue weighted by Gasteiger charge is -2.50. The summed E-state index contributed by atoms with van der Waals surface area (Å²) in [6.07, 6.45) is 5.04. The lowest BCUT2D eigenvalue weighted by molar-refractivity contribution is -0.0256. The Morgan fingerprint density at radius 2 is 2.10 bits per heavy atom. The summed E-state index contributed by atoms with van der Waals surface area (Å²) in [6.45, 7) is 2.25. The molecule has 3 heteroatoms. The van der Waals surface area contributed by atoms with Gasteiger partial charge in [-0.15, -0.1) is 0 Å². The number of hydrogen-bond acceptors (Lipinski definition) is 3. The molecule has 0 saturated heterocycles. The Hall–Kier alpha value is -1.06. The van der Waals surface area contributed by atoms with Gasteiger partial charge in [0, 0.05) is 6.04 Å². The Labute approximate surface area is 126 Å². The Morgan fingerprint density at radius 3 is 2.90 bits per heavy atom. The first-order valence-corrected chi connectivity index (χ1v) is 8.26. The molecule has 0 bridgehead atoms. The maximum atomic E-state index is 10.5. The van der Waals surface area contributed by atoms with Crippen LogP contribution in [-0.2, 0) is 6.42 Å². The number of aryl methyl sites for hydroxylation is 1. The van der Waals surface area contributed by atoms with Gasteiger partial charge in [0.1, 0.15) is 5.75 Å². The van der Waals surface area contributed by atoms with Gasteiger partial charge in [-0.05, 0) is 78.5 Å². The lowest BCUT2D eigenvalue weighted by atomic mass is 9.55. The topological polar surface area (TPSA) is 66.5 Å². The predicted molar refractivity (Wildman–Crippen MR) is 82.1 cm³/mol. The van der Waals surface area contributed by atoms with E-state index >= 15 is 0 Å². The number of phenols is 1. The van der Waals surface area contributed by atoms with Crippen molar-refractivity contribution in [2.45, 2.75) is 57.1 Å². The second-order valence-electron chi connectivity index (χ2n) is 7.69. The van der Waals surface area contributed by atoms with Gasteiger partial charge in [0.2, 0.25) is 0 Å². The minimum Gasteiger partial charge on any atom is -0.508 e. The summed E-state index contributed by atoms with van der Waals surface area (Å²) in [5, 5.41) is 20.2. The maximum Gasteiger partial charge on any atom is 0.115 e. The molecule has 0 spiro atoms. The molecule has 0 unspecified atom stereocenters. The van der Waals surface area contributed by atoms with Gasteiger partial charge in [-0.1, -0.05) is 13.0 Å². The largest absolute Gasteiger partial charge is 0.508 e. The van der Waals surface area contributed by atoms with Crippen LogP contribution in [0.25, 0.3) is 0 Å². The van der Waals surface area contributed by atoms with Crippen molar-refractivity contribution in [2.24, 2.45) is 23.0 Å². The number of benzene rings is 1. The molecule has 0 aromatic heterocycles. The molecule has 4 rings (SSSR count). The smallest absolute Gasteiger partial charge is 0.115 e. The molecule has 2 fully saturated rings. The first-order chi connectivity index (χ1) is 10.0. The van der Waals surface area contributed by atoms with E-state index in [0.717, 1.165) is 25.7 Å². The quantitative estimate of drug-likeness (QED) is 0.687. The molecule has 2 saturated carbocycles. The first-order valence-electron chi connectivity index (χ1n) is 8.26. The molecule has 6 atom stereocenters. The molecule has 4 N–H and O–H groups in total. The predicted octanol–water partition coefficient (Wildman–Crippen LogP) is 2.55. The lowest BCUT2D eigenvalue weighted by Crippen LogP contribution is -2.45. The van der Waals surface area contributed by atoms with Crippen LogP contribution < -0.4 is 5.73 Å². The fraction of sp³-hybridized carbons (Fsp3) is 0.667. The molecule has 0 radical (unpaired) electrons. The van der Waals surface area contributed by atoms with E-state index in [1.807, 2.05) is 12.1 Å². The van der Waals surface area contributed by atoms with Gasteiger partial charge >= 0.3 is 0 Å². The summed E-state index contributed by atoms with van der Waals surface area (Å²) in [6, 6.07) is 5.83. The van der Waals surface area contributed by atoms with E-state index in [4.69, 9.17) is 5.73 Å². The Bertz CT molecular complexity index is 572. The van der Waals surface area contributed by atoms with Crippen molar-refractivity contribution in [3.8, 4) is 5.75 Å². The summed E-state index contributed by atoms with van der Waals surface area (Å²) in [5.74, 6) is 2.16. The van der Waals surface area contributed by atoms with Crippen molar-refractivity contribution >= 4 is 0 Å². The molecular formula is C18H25NO2. The van der Waals surface area contributed by atoms with Crippen LogP contribution >= 0.6 is 0 Å². The highest BCUT2D eigenvalue weighted by Crippen LogP contribution is 2.60. The monoisotopic (exact) mass is 287 g/mol. The van der Waals surface area contributed by atoms with E-state index < -0.39 is 0 Å². The van der Waals surface area contributed by atoms with E-state index in [0.29, 0.717) is 23.5 Å². The highest BCUT2D eigenvalue weighted by atomic mass is 16.3. The van der Waals surface area contributed by atoms with E-state index in [1.54, 1.807) is 0 Å². The molecule has 3 aliphatic carbocycles. The Balaban J connectivity index is 1.71. The van der Waals surface area contributed by atoms with Crippen LogP contribution in [-0.4, -0.2) is 22.4 Å². The van der Waals surface area contributed by atoms with Crippen molar-refractivity contribution in [3.05, 3.63) is 29.3 Å². The van der Waals surface area contributed by atoms with E-state index in [9.17, 15) is 10.2 Å². The number of fused-ring (bicyclic) bond motifs is 5. The average Bonchev–Trinajstić information content (AvgIpc) is 2.70. The van der Waals surface area contributed by atoms with E-state index in [2.05, 4.69) is 13.0 Å². The van der Waals surface area contributed by atoms with Gasteiger partial charge < -0.3 is 15.9 Å². The number of aliphatic hydroxyl groups excluding tert-OH is 1. The SMILES string of the molecule is C[C@]12CC[C@@H]3c4ccc(O)cc4CC[C@H]3[C@@H]1C[C@@H](N)[C@@H]2O. The van der Waals surface area contributed by atoms with Gasteiger partial charge in [0.25, 0.3) is 0 Å². The number of aliphatic hydroxyl groups is 1. The van der Waals surface area contributed by atoms with Crippen molar-refractivity contribution in [3.63, 3.8) is 0 Å². The molecule has 1 aromatic carbocycles. The molecule has 3 aliphatic rings. The zero-order valence-electron chi connectivity index (χ0n) is 12.6. The second kappa shape index (κ2) is 4.47. The Morgan fingerprint density at radius 1 is 1.29 bits per heavy atom. The second-order valence-corrected chi connectivity index (χ2v) is 7.69. The van der Waals surface area contributed by atoms with E-state index in [1.165, 1.54) is 17.5 Å². The highest BCUT2D eigenvalue weighted by molar-refractivity contribution is 5.40. The fourth-order valence-corrected chi connectivity index (χ4v) is 5.64. The van der Waals surface area contributed by atoms with E-state index in [-0.39, 0.29) is 17.6 Å². The van der Waals surface area contributed by atoms with Crippen LogP contribution in [0.15, 0.2) is 18.2 Å². The fourth-order valence-electron chi connectivity index (χ4n) is 5.64. The molecule has 114 valence electrons. The number of phenolic OH excluding ortho intramolecular Hbond substituents is 1. The van der Waals surface area contributed by atoms with Crippen LogP contribution in [0.4, 0.5) is 0 Å². The normalized spacial score (nSPS) is 44.8. The van der Waals surface area contributed by atoms with Crippen molar-refractivity contribution in [1.82, 2.24) is 0 Å². The maximum absolute atomic E-state index is 10.5. The summed E-state index contributed by atoms with van der Waals surface area (Å²) in [5.41, 5.74) is 8.94. The number of nitrogens with two attached hydrogens (primary N) is 1. The zero-order chi connectivity index (χ0) is 14.8. The van der Waals surface area contributed by atoms with Gasteiger partial charge in [0.15, 0.2) is 0 Å². The van der Waals surface area contributed by atoms with Crippen molar-refractivity contribution in [2.75, 3.05) is 0 Å². The van der Waals surface area contributed by atoms with Gasteiger partial charge in [0.05, 0.1) is 6.10 Å². The summed E-state index contributed by atoms with van der Waals surface area (Å²) in [7, 11) is 0. The average molecular weight is 287 g/mol.